The molecule has 0 unspecified atom stereocenters. The highest BCUT2D eigenvalue weighted by molar-refractivity contribution is 6.07. The summed E-state index contributed by atoms with van der Waals surface area (Å²) < 4.78 is 10.7. The number of cyclic esters (lactones) is 1. The third kappa shape index (κ3) is 3.49. The van der Waals surface area contributed by atoms with Gasteiger partial charge in [-0.05, 0) is 24.3 Å². The number of hydrogen-bond acceptors (Lipinski definition) is 7. The van der Waals surface area contributed by atoms with Crippen LogP contribution in [0, 0.1) is 11.8 Å². The summed E-state index contributed by atoms with van der Waals surface area (Å²) in [5.74, 6) is -1.43. The molecule has 5 rings (SSSR count). The van der Waals surface area contributed by atoms with E-state index in [0.717, 1.165) is 5.69 Å². The fraction of sp³-hybridized carbons (Fsp3) is 0.409. The fourth-order valence-electron chi connectivity index (χ4n) is 4.47. The van der Waals surface area contributed by atoms with Crippen LogP contribution in [-0.4, -0.2) is 73.1 Å². The van der Waals surface area contributed by atoms with Crippen LogP contribution in [0.5, 0.6) is 0 Å². The van der Waals surface area contributed by atoms with Crippen LogP contribution >= 0.6 is 0 Å². The van der Waals surface area contributed by atoms with Crippen molar-refractivity contribution in [1.82, 2.24) is 4.90 Å². The Balaban J connectivity index is 1.25. The average molecular weight is 425 g/mol. The quantitative estimate of drug-likeness (QED) is 0.716. The molecule has 0 saturated carbocycles. The van der Waals surface area contributed by atoms with E-state index in [1.807, 2.05) is 17.0 Å². The number of carbonyl (C=O) groups excluding carboxylic acids is 3. The predicted octanol–water partition coefficient (Wildman–Crippen LogP) is 0.894. The van der Waals surface area contributed by atoms with E-state index in [1.54, 1.807) is 36.4 Å². The summed E-state index contributed by atoms with van der Waals surface area (Å²) in [5, 5.41) is 10.1. The molecule has 1 aliphatic carbocycles. The van der Waals surface area contributed by atoms with Crippen LogP contribution in [0.4, 0.5) is 16.2 Å². The lowest BCUT2D eigenvalue weighted by molar-refractivity contribution is -0.140. The minimum Gasteiger partial charge on any atom is -0.442 e. The highest BCUT2D eigenvalue weighted by atomic mass is 16.6. The summed E-state index contributed by atoms with van der Waals surface area (Å²) in [5.41, 5.74) is 1.48. The summed E-state index contributed by atoms with van der Waals surface area (Å²) in [6, 6.07) is 7.25. The average Bonchev–Trinajstić information content (AvgIpc) is 3.27. The lowest BCUT2D eigenvalue weighted by Crippen LogP contribution is -2.45. The zero-order chi connectivity index (χ0) is 21.5. The zero-order valence-electron chi connectivity index (χ0n) is 16.8. The number of fused-ring (bicyclic) bond motifs is 1. The number of anilines is 2. The number of amides is 3. The molecule has 0 bridgehead atoms. The lowest BCUT2D eigenvalue weighted by atomic mass is 9.91. The Morgan fingerprint density at radius 1 is 0.968 bits per heavy atom. The number of carbonyl (C=O) groups is 3. The molecular weight excluding hydrogens is 402 g/mol. The normalized spacial score (nSPS) is 30.2. The molecule has 0 radical (unpaired) electrons. The lowest BCUT2D eigenvalue weighted by Gasteiger charge is -2.34. The van der Waals surface area contributed by atoms with Crippen molar-refractivity contribution in [3.63, 3.8) is 0 Å². The van der Waals surface area contributed by atoms with Gasteiger partial charge in [0.05, 0.1) is 38.1 Å². The third-order valence-corrected chi connectivity index (χ3v) is 6.09. The maximum absolute atomic E-state index is 12.6. The van der Waals surface area contributed by atoms with Gasteiger partial charge in [-0.1, -0.05) is 24.3 Å². The molecule has 9 heteroatoms. The standard InChI is InChI=1S/C22H23N3O6/c26-19-13-30-10-9-23(19)14-5-7-15(8-6-14)24-11-16(31-22(24)29)12-25-20(27)17-3-1-2-4-18(17)21(25)28/h1-8,16-19,26H,9-13H2/t16-,17+,18+,19+/m1/s1. The molecule has 1 N–H and O–H groups in total. The van der Waals surface area contributed by atoms with Gasteiger partial charge in [0.15, 0.2) is 6.23 Å². The molecule has 0 aromatic heterocycles. The molecule has 3 amide bonds. The van der Waals surface area contributed by atoms with E-state index in [4.69, 9.17) is 9.47 Å². The van der Waals surface area contributed by atoms with Crippen LogP contribution in [0.1, 0.15) is 0 Å². The minimum absolute atomic E-state index is 0.0483. The summed E-state index contributed by atoms with van der Waals surface area (Å²) >= 11 is 0. The Morgan fingerprint density at radius 3 is 2.26 bits per heavy atom. The first-order valence-corrected chi connectivity index (χ1v) is 10.3. The van der Waals surface area contributed by atoms with E-state index in [-0.39, 0.29) is 31.5 Å². The molecular formula is C22H23N3O6. The second-order valence-electron chi connectivity index (χ2n) is 7.99. The molecule has 31 heavy (non-hydrogen) atoms. The smallest absolute Gasteiger partial charge is 0.414 e. The number of allylic oxidation sites excluding steroid dienone is 2. The summed E-state index contributed by atoms with van der Waals surface area (Å²) in [7, 11) is 0. The van der Waals surface area contributed by atoms with E-state index in [0.29, 0.717) is 18.8 Å². The predicted molar refractivity (Wildman–Crippen MR) is 110 cm³/mol. The van der Waals surface area contributed by atoms with Crippen LogP contribution in [0.2, 0.25) is 0 Å². The van der Waals surface area contributed by atoms with Crippen molar-refractivity contribution in [3.05, 3.63) is 48.6 Å². The highest BCUT2D eigenvalue weighted by Gasteiger charge is 2.47. The van der Waals surface area contributed by atoms with Gasteiger partial charge in [0.25, 0.3) is 0 Å². The second-order valence-corrected chi connectivity index (χ2v) is 7.99. The SMILES string of the molecule is O=C1[C@H]2C=CC=C[C@@H]2C(=O)N1C[C@H]1CN(c2ccc(N3CCOC[C@@H]3O)cc2)C(=O)O1. The Labute approximate surface area is 179 Å². The number of ether oxygens (including phenoxy) is 2. The molecule has 3 heterocycles. The molecule has 4 atom stereocenters. The Kier molecular flexibility index (Phi) is 4.99. The van der Waals surface area contributed by atoms with Crippen LogP contribution in [0.15, 0.2) is 48.6 Å². The van der Waals surface area contributed by atoms with Crippen molar-refractivity contribution >= 4 is 29.3 Å². The number of morpholine rings is 1. The Morgan fingerprint density at radius 2 is 1.61 bits per heavy atom. The number of aliphatic hydroxyl groups excluding tert-OH is 1. The topological polar surface area (TPSA) is 99.6 Å². The van der Waals surface area contributed by atoms with Gasteiger partial charge in [-0.15, -0.1) is 0 Å². The molecule has 0 spiro atoms. The first-order chi connectivity index (χ1) is 15.0. The Bertz CT molecular complexity index is 928. The van der Waals surface area contributed by atoms with Gasteiger partial charge in [0, 0.05) is 17.9 Å². The summed E-state index contributed by atoms with van der Waals surface area (Å²) in [6.07, 6.45) is 5.22. The number of imide groups is 1. The number of benzene rings is 1. The van der Waals surface area contributed by atoms with Gasteiger partial charge in [-0.25, -0.2) is 4.79 Å². The number of likely N-dealkylation sites (tertiary alicyclic amines) is 1. The van der Waals surface area contributed by atoms with E-state index in [2.05, 4.69) is 0 Å². The number of rotatable bonds is 4. The second kappa shape index (κ2) is 7.82. The largest absolute Gasteiger partial charge is 0.442 e. The van der Waals surface area contributed by atoms with Crippen molar-refractivity contribution in [1.29, 1.82) is 0 Å². The van der Waals surface area contributed by atoms with E-state index >= 15 is 0 Å². The van der Waals surface area contributed by atoms with E-state index in [1.165, 1.54) is 9.80 Å². The Hall–Kier alpha value is -3.17. The molecule has 3 saturated heterocycles. The minimum atomic E-state index is -0.704. The first kappa shape index (κ1) is 19.8. The van der Waals surface area contributed by atoms with Crippen molar-refractivity contribution < 1.29 is 29.0 Å². The highest BCUT2D eigenvalue weighted by Crippen LogP contribution is 2.32. The van der Waals surface area contributed by atoms with Gasteiger partial charge in [0.2, 0.25) is 11.8 Å². The van der Waals surface area contributed by atoms with Crippen LogP contribution in [0.3, 0.4) is 0 Å². The number of hydrogen-bond donors (Lipinski definition) is 1. The van der Waals surface area contributed by atoms with Gasteiger partial charge >= 0.3 is 6.09 Å². The van der Waals surface area contributed by atoms with Gasteiger partial charge in [-0.3, -0.25) is 19.4 Å². The molecule has 4 aliphatic rings. The summed E-state index contributed by atoms with van der Waals surface area (Å²) in [4.78, 5) is 42.2. The van der Waals surface area contributed by atoms with Crippen LogP contribution < -0.4 is 9.80 Å². The van der Waals surface area contributed by atoms with E-state index < -0.39 is 30.3 Å². The van der Waals surface area contributed by atoms with Crippen molar-refractivity contribution in [2.75, 3.05) is 42.6 Å². The van der Waals surface area contributed by atoms with Crippen molar-refractivity contribution in [2.24, 2.45) is 11.8 Å². The first-order valence-electron chi connectivity index (χ1n) is 10.3. The monoisotopic (exact) mass is 425 g/mol. The van der Waals surface area contributed by atoms with Crippen LogP contribution in [-0.2, 0) is 19.1 Å². The van der Waals surface area contributed by atoms with E-state index in [9.17, 15) is 19.5 Å². The van der Waals surface area contributed by atoms with Gasteiger partial charge in [0.1, 0.15) is 6.10 Å². The van der Waals surface area contributed by atoms with Crippen molar-refractivity contribution in [2.45, 2.75) is 12.3 Å². The maximum atomic E-state index is 12.6. The maximum Gasteiger partial charge on any atom is 0.414 e. The molecule has 1 aromatic carbocycles. The zero-order valence-corrected chi connectivity index (χ0v) is 16.8. The number of nitrogens with zero attached hydrogens (tertiary/aromatic N) is 3. The van der Waals surface area contributed by atoms with Crippen LogP contribution in [0.25, 0.3) is 0 Å². The molecule has 9 nitrogen and oxygen atoms in total. The molecule has 162 valence electrons. The molecule has 3 fully saturated rings. The van der Waals surface area contributed by atoms with Gasteiger partial charge in [-0.2, -0.15) is 0 Å². The third-order valence-electron chi connectivity index (χ3n) is 6.09. The number of aliphatic hydroxyl groups is 1. The van der Waals surface area contributed by atoms with Gasteiger partial charge < -0.3 is 19.5 Å². The fourth-order valence-corrected chi connectivity index (χ4v) is 4.47. The summed E-state index contributed by atoms with van der Waals surface area (Å²) in [6.45, 7) is 1.67. The van der Waals surface area contributed by atoms with Crippen molar-refractivity contribution in [3.8, 4) is 0 Å². The molecule has 3 aliphatic heterocycles. The molecule has 1 aromatic rings.